The molecule has 128 valence electrons. The maximum atomic E-state index is 12.3. The molecule has 0 fully saturated rings. The van der Waals surface area contributed by atoms with Gasteiger partial charge in [-0.2, -0.15) is 0 Å². The summed E-state index contributed by atoms with van der Waals surface area (Å²) >= 11 is 3.21. The molecule has 0 aliphatic rings. The van der Waals surface area contributed by atoms with Crippen LogP contribution in [0, 0.1) is 6.92 Å². The summed E-state index contributed by atoms with van der Waals surface area (Å²) in [6.45, 7) is 2.07. The van der Waals surface area contributed by atoms with E-state index >= 15 is 0 Å². The van der Waals surface area contributed by atoms with E-state index in [-0.39, 0.29) is 17.1 Å². The molecule has 0 unspecified atom stereocenters. The molecule has 7 heteroatoms. The Balaban J connectivity index is 2.23. The number of carbonyl (C=O) groups is 1. The third kappa shape index (κ3) is 4.03. The van der Waals surface area contributed by atoms with Gasteiger partial charge in [0, 0.05) is 18.6 Å². The summed E-state index contributed by atoms with van der Waals surface area (Å²) in [7, 11) is -0.788. The van der Waals surface area contributed by atoms with Gasteiger partial charge < -0.3 is 4.74 Å². The van der Waals surface area contributed by atoms with Crippen molar-refractivity contribution in [2.75, 3.05) is 14.1 Å². The fraction of sp³-hybridized carbons (Fsp3) is 0.235. The van der Waals surface area contributed by atoms with Crippen LogP contribution in [0.25, 0.3) is 0 Å². The van der Waals surface area contributed by atoms with Gasteiger partial charge in [0.05, 0.1) is 10.5 Å². The van der Waals surface area contributed by atoms with Crippen molar-refractivity contribution in [3.8, 4) is 0 Å². The third-order valence-corrected chi connectivity index (χ3v) is 6.35. The minimum absolute atomic E-state index is 0.0258. The lowest BCUT2D eigenvalue weighted by Crippen LogP contribution is -2.23. The second-order valence-corrected chi connectivity index (χ2v) is 8.41. The zero-order chi connectivity index (χ0) is 17.9. The van der Waals surface area contributed by atoms with Gasteiger partial charge in [-0.15, -0.1) is 0 Å². The number of halogens is 1. The Bertz CT molecular complexity index is 863. The number of esters is 1. The van der Waals surface area contributed by atoms with Crippen molar-refractivity contribution in [3.05, 3.63) is 63.6 Å². The first kappa shape index (κ1) is 18.6. The number of benzene rings is 2. The molecular formula is C17H18BrNO4S. The highest BCUT2D eigenvalue weighted by molar-refractivity contribution is 9.10. The van der Waals surface area contributed by atoms with Crippen molar-refractivity contribution in [2.45, 2.75) is 18.4 Å². The summed E-state index contributed by atoms with van der Waals surface area (Å²) < 4.78 is 31.4. The van der Waals surface area contributed by atoms with Crippen LogP contribution in [0.2, 0.25) is 0 Å². The zero-order valence-electron chi connectivity index (χ0n) is 13.6. The first-order valence-corrected chi connectivity index (χ1v) is 9.40. The first-order chi connectivity index (χ1) is 11.2. The van der Waals surface area contributed by atoms with E-state index in [1.54, 1.807) is 0 Å². The van der Waals surface area contributed by atoms with E-state index in [1.807, 2.05) is 31.2 Å². The average Bonchev–Trinajstić information content (AvgIpc) is 2.54. The summed E-state index contributed by atoms with van der Waals surface area (Å²) in [6, 6.07) is 12.0. The molecule has 0 spiro atoms. The summed E-state index contributed by atoms with van der Waals surface area (Å²) in [5.41, 5.74) is 2.12. The molecular weight excluding hydrogens is 394 g/mol. The molecule has 0 radical (unpaired) electrons. The van der Waals surface area contributed by atoms with Crippen molar-refractivity contribution in [1.82, 2.24) is 4.31 Å². The van der Waals surface area contributed by atoms with E-state index < -0.39 is 16.0 Å². The van der Waals surface area contributed by atoms with Crippen LogP contribution in [-0.4, -0.2) is 32.8 Å². The highest BCUT2D eigenvalue weighted by Crippen LogP contribution is 2.25. The molecule has 24 heavy (non-hydrogen) atoms. The van der Waals surface area contributed by atoms with Gasteiger partial charge >= 0.3 is 5.97 Å². The van der Waals surface area contributed by atoms with Gasteiger partial charge in [-0.05, 0) is 52.2 Å². The normalized spacial score (nSPS) is 11.5. The average molecular weight is 412 g/mol. The molecule has 0 aliphatic carbocycles. The lowest BCUT2D eigenvalue weighted by Gasteiger charge is -2.14. The van der Waals surface area contributed by atoms with Gasteiger partial charge in [-0.25, -0.2) is 17.5 Å². The Kier molecular flexibility index (Phi) is 5.79. The summed E-state index contributed by atoms with van der Waals surface area (Å²) in [6.07, 6.45) is 0. The van der Waals surface area contributed by atoms with Crippen LogP contribution < -0.4 is 0 Å². The topological polar surface area (TPSA) is 63.7 Å². The van der Waals surface area contributed by atoms with Crippen LogP contribution in [0.5, 0.6) is 0 Å². The second-order valence-electron chi connectivity index (χ2n) is 5.44. The van der Waals surface area contributed by atoms with E-state index in [4.69, 9.17) is 4.74 Å². The van der Waals surface area contributed by atoms with Gasteiger partial charge in [0.2, 0.25) is 10.0 Å². The molecule has 0 saturated carbocycles. The number of nitrogens with zero attached hydrogens (tertiary/aromatic N) is 1. The fourth-order valence-corrected chi connectivity index (χ4v) is 3.87. The number of hydrogen-bond acceptors (Lipinski definition) is 4. The lowest BCUT2D eigenvalue weighted by molar-refractivity contribution is 0.0472. The van der Waals surface area contributed by atoms with Crippen molar-refractivity contribution in [1.29, 1.82) is 0 Å². The van der Waals surface area contributed by atoms with Crippen LogP contribution >= 0.6 is 15.9 Å². The minimum atomic E-state index is -3.66. The molecule has 2 aromatic carbocycles. The molecule has 0 N–H and O–H groups in total. The predicted octanol–water partition coefficient (Wildman–Crippen LogP) is 3.36. The SMILES string of the molecule is Cc1ccccc1COC(=O)c1ccc(Br)c(S(=O)(=O)N(C)C)c1. The zero-order valence-corrected chi connectivity index (χ0v) is 16.0. The van der Waals surface area contributed by atoms with E-state index in [2.05, 4.69) is 15.9 Å². The first-order valence-electron chi connectivity index (χ1n) is 7.17. The maximum absolute atomic E-state index is 12.3. The van der Waals surface area contributed by atoms with Crippen molar-refractivity contribution < 1.29 is 17.9 Å². The van der Waals surface area contributed by atoms with Crippen LogP contribution in [0.4, 0.5) is 0 Å². The Morgan fingerprint density at radius 1 is 1.17 bits per heavy atom. The molecule has 0 aliphatic heterocycles. The van der Waals surface area contributed by atoms with Crippen LogP contribution in [-0.2, 0) is 21.4 Å². The molecule has 0 heterocycles. The van der Waals surface area contributed by atoms with Gasteiger partial charge in [0.1, 0.15) is 6.61 Å². The number of ether oxygens (including phenoxy) is 1. The highest BCUT2D eigenvalue weighted by atomic mass is 79.9. The number of carbonyl (C=O) groups excluding carboxylic acids is 1. The van der Waals surface area contributed by atoms with Gasteiger partial charge in [0.15, 0.2) is 0 Å². The Labute approximate surface area is 150 Å². The number of hydrogen-bond donors (Lipinski definition) is 0. The molecule has 5 nitrogen and oxygen atoms in total. The van der Waals surface area contributed by atoms with Crippen molar-refractivity contribution in [3.63, 3.8) is 0 Å². The Morgan fingerprint density at radius 2 is 1.83 bits per heavy atom. The second kappa shape index (κ2) is 7.46. The van der Waals surface area contributed by atoms with Crippen LogP contribution in [0.3, 0.4) is 0 Å². The smallest absolute Gasteiger partial charge is 0.338 e. The molecule has 0 atom stereocenters. The van der Waals surface area contributed by atoms with Gasteiger partial charge in [-0.3, -0.25) is 0 Å². The van der Waals surface area contributed by atoms with E-state index in [0.29, 0.717) is 4.47 Å². The summed E-state index contributed by atoms with van der Waals surface area (Å²) in [4.78, 5) is 12.3. The largest absolute Gasteiger partial charge is 0.457 e. The third-order valence-electron chi connectivity index (χ3n) is 3.55. The van der Waals surface area contributed by atoms with Crippen molar-refractivity contribution in [2.24, 2.45) is 0 Å². The Hall–Kier alpha value is -1.70. The standard InChI is InChI=1S/C17H18BrNO4S/c1-12-6-4-5-7-14(12)11-23-17(20)13-8-9-15(18)16(10-13)24(21,22)19(2)3/h4-10H,11H2,1-3H3. The number of rotatable bonds is 5. The van der Waals surface area contributed by atoms with E-state index in [1.165, 1.54) is 32.3 Å². The van der Waals surface area contributed by atoms with Gasteiger partial charge in [-0.1, -0.05) is 24.3 Å². The number of sulfonamides is 1. The molecule has 2 aromatic rings. The fourth-order valence-electron chi connectivity index (χ4n) is 2.02. The van der Waals surface area contributed by atoms with Crippen LogP contribution in [0.1, 0.15) is 21.5 Å². The minimum Gasteiger partial charge on any atom is -0.457 e. The summed E-state index contributed by atoms with van der Waals surface area (Å²) in [5.74, 6) is -0.569. The molecule has 0 amide bonds. The van der Waals surface area contributed by atoms with E-state index in [9.17, 15) is 13.2 Å². The molecule has 2 rings (SSSR count). The maximum Gasteiger partial charge on any atom is 0.338 e. The van der Waals surface area contributed by atoms with E-state index in [0.717, 1.165) is 15.4 Å². The van der Waals surface area contributed by atoms with Crippen LogP contribution in [0.15, 0.2) is 51.8 Å². The predicted molar refractivity (Wildman–Crippen MR) is 95.3 cm³/mol. The molecule has 0 saturated heterocycles. The lowest BCUT2D eigenvalue weighted by atomic mass is 10.1. The highest BCUT2D eigenvalue weighted by Gasteiger charge is 2.22. The molecule has 0 bridgehead atoms. The quantitative estimate of drug-likeness (QED) is 0.707. The number of aryl methyl sites for hydroxylation is 1. The van der Waals surface area contributed by atoms with Gasteiger partial charge in [0.25, 0.3) is 0 Å². The molecule has 0 aromatic heterocycles. The monoisotopic (exact) mass is 411 g/mol. The Morgan fingerprint density at radius 3 is 2.46 bits per heavy atom. The summed E-state index contributed by atoms with van der Waals surface area (Å²) in [5, 5.41) is 0. The van der Waals surface area contributed by atoms with Crippen molar-refractivity contribution >= 4 is 31.9 Å².